The Morgan fingerprint density at radius 1 is 0.863 bits per heavy atom. The van der Waals surface area contributed by atoms with Crippen molar-refractivity contribution in [3.8, 4) is 0 Å². The number of nitro benzene ring substituents is 1. The molecule has 1 saturated heterocycles. The minimum Gasteiger partial charge on any atom is -0.468 e. The number of hydrogen-bond donors (Lipinski definition) is 0. The monoisotopic (exact) mass is 686 g/mol. The molecule has 10 heteroatoms. The van der Waals surface area contributed by atoms with E-state index in [1.54, 1.807) is 19.9 Å². The third-order valence-electron chi connectivity index (χ3n) is 9.78. The quantitative estimate of drug-likeness (QED) is 0.0950. The van der Waals surface area contributed by atoms with Gasteiger partial charge in [-0.15, -0.1) is 0 Å². The summed E-state index contributed by atoms with van der Waals surface area (Å²) in [5.41, 5.74) is 6.10. The van der Waals surface area contributed by atoms with E-state index in [0.29, 0.717) is 23.4 Å². The van der Waals surface area contributed by atoms with Crippen molar-refractivity contribution in [1.29, 1.82) is 0 Å². The zero-order chi connectivity index (χ0) is 35.9. The van der Waals surface area contributed by atoms with E-state index in [-0.39, 0.29) is 23.9 Å². The molecule has 0 saturated carbocycles. The first kappa shape index (κ1) is 35.2. The first-order valence-corrected chi connectivity index (χ1v) is 17.2. The van der Waals surface area contributed by atoms with Crippen molar-refractivity contribution in [2.75, 3.05) is 44.8 Å². The van der Waals surface area contributed by atoms with Crippen molar-refractivity contribution in [2.45, 2.75) is 32.2 Å². The largest absolute Gasteiger partial charge is 0.468 e. The van der Waals surface area contributed by atoms with Crippen LogP contribution in [0.4, 0.5) is 11.4 Å². The number of benzene rings is 4. The number of carbonyl (C=O) groups is 2. The molecule has 51 heavy (non-hydrogen) atoms. The molecule has 0 amide bonds. The Morgan fingerprint density at radius 2 is 1.49 bits per heavy atom. The van der Waals surface area contributed by atoms with Crippen LogP contribution in [0, 0.1) is 16.0 Å². The van der Waals surface area contributed by atoms with E-state index in [2.05, 4.69) is 99.7 Å². The zero-order valence-corrected chi connectivity index (χ0v) is 29.1. The van der Waals surface area contributed by atoms with Gasteiger partial charge in [-0.05, 0) is 48.2 Å². The van der Waals surface area contributed by atoms with Crippen molar-refractivity contribution >= 4 is 29.0 Å². The van der Waals surface area contributed by atoms with E-state index >= 15 is 0 Å². The van der Waals surface area contributed by atoms with Gasteiger partial charge < -0.3 is 14.4 Å². The highest BCUT2D eigenvalue weighted by atomic mass is 16.6. The lowest BCUT2D eigenvalue weighted by molar-refractivity contribution is -0.384. The van der Waals surface area contributed by atoms with Crippen LogP contribution >= 0.6 is 0 Å². The second kappa shape index (κ2) is 15.9. The van der Waals surface area contributed by atoms with E-state index in [9.17, 15) is 19.7 Å². The van der Waals surface area contributed by atoms with Crippen LogP contribution in [0.15, 0.2) is 125 Å². The van der Waals surface area contributed by atoms with Crippen LogP contribution in [0.25, 0.3) is 0 Å². The fraction of sp³-hybridized carbons (Fsp3) is 0.293. The first-order valence-electron chi connectivity index (χ1n) is 17.2. The summed E-state index contributed by atoms with van der Waals surface area (Å²) in [4.78, 5) is 47.1. The maximum atomic E-state index is 13.6. The summed E-state index contributed by atoms with van der Waals surface area (Å²) in [6.45, 7) is 7.15. The standard InChI is InChI=1S/C41H42N4O6/c1-28-36(40(46)50-3)38(33-15-10-16-35(27-33)45(48)49)37(29(2)42-28)41(47)51-26-21-30-17-19-34(20-18-30)43-22-24-44(25-23-43)39(31-11-6-4-7-12-31)32-13-8-5-9-14-32/h4-20,27,36,38-39H,21-26H2,1-3H3/t36?,38-/m0/s1. The number of carbonyl (C=O) groups excluding carboxylic acids is 2. The molecule has 2 atom stereocenters. The summed E-state index contributed by atoms with van der Waals surface area (Å²) in [5, 5.41) is 11.6. The van der Waals surface area contributed by atoms with E-state index in [1.807, 2.05) is 0 Å². The number of hydrogen-bond acceptors (Lipinski definition) is 9. The summed E-state index contributed by atoms with van der Waals surface area (Å²) in [7, 11) is 1.27. The molecule has 4 aromatic carbocycles. The van der Waals surface area contributed by atoms with Crippen molar-refractivity contribution < 1.29 is 24.0 Å². The number of non-ortho nitro benzene ring substituents is 1. The molecular weight excluding hydrogens is 644 g/mol. The normalized spacial score (nSPS) is 18.0. The third-order valence-corrected chi connectivity index (χ3v) is 9.78. The molecule has 0 spiro atoms. The molecule has 0 aromatic heterocycles. The lowest BCUT2D eigenvalue weighted by atomic mass is 9.75. The Labute approximate surface area is 298 Å². The Kier molecular flexibility index (Phi) is 11.0. The number of piperazine rings is 1. The summed E-state index contributed by atoms with van der Waals surface area (Å²) in [6.07, 6.45) is 0.492. The van der Waals surface area contributed by atoms with Gasteiger partial charge in [-0.2, -0.15) is 0 Å². The molecule has 10 nitrogen and oxygen atoms in total. The Bertz CT molecular complexity index is 1880. The van der Waals surface area contributed by atoms with Gasteiger partial charge in [0.15, 0.2) is 0 Å². The van der Waals surface area contributed by atoms with Crippen molar-refractivity contribution in [3.63, 3.8) is 0 Å². The van der Waals surface area contributed by atoms with Crippen molar-refractivity contribution in [3.05, 3.63) is 153 Å². The highest BCUT2D eigenvalue weighted by Gasteiger charge is 2.42. The summed E-state index contributed by atoms with van der Waals surface area (Å²) < 4.78 is 10.8. The van der Waals surface area contributed by atoms with Crippen LogP contribution < -0.4 is 4.90 Å². The predicted molar refractivity (Wildman–Crippen MR) is 197 cm³/mol. The highest BCUT2D eigenvalue weighted by Crippen LogP contribution is 2.41. The smallest absolute Gasteiger partial charge is 0.336 e. The average molecular weight is 687 g/mol. The summed E-state index contributed by atoms with van der Waals surface area (Å²) in [5.74, 6) is -2.98. The maximum absolute atomic E-state index is 13.6. The molecule has 0 bridgehead atoms. The van der Waals surface area contributed by atoms with Crippen LogP contribution in [0.1, 0.15) is 48.1 Å². The van der Waals surface area contributed by atoms with Gasteiger partial charge in [-0.25, -0.2) is 4.79 Å². The number of allylic oxidation sites excluding steroid dienone is 1. The van der Waals surface area contributed by atoms with Gasteiger partial charge >= 0.3 is 11.9 Å². The predicted octanol–water partition coefficient (Wildman–Crippen LogP) is 6.91. The first-order chi connectivity index (χ1) is 24.7. The lowest BCUT2D eigenvalue weighted by Crippen LogP contribution is -2.48. The summed E-state index contributed by atoms with van der Waals surface area (Å²) in [6, 6.07) is 35.9. The number of rotatable bonds is 11. The second-order valence-electron chi connectivity index (χ2n) is 12.9. The van der Waals surface area contributed by atoms with E-state index in [1.165, 1.54) is 36.4 Å². The fourth-order valence-electron chi connectivity index (χ4n) is 7.26. The Balaban J connectivity index is 1.09. The number of esters is 2. The molecule has 2 aliphatic heterocycles. The zero-order valence-electron chi connectivity index (χ0n) is 29.1. The van der Waals surface area contributed by atoms with Crippen LogP contribution in [-0.2, 0) is 25.5 Å². The molecule has 0 N–H and O–H groups in total. The Hall–Kier alpha value is -5.61. The molecule has 1 fully saturated rings. The lowest BCUT2D eigenvalue weighted by Gasteiger charge is -2.40. The number of anilines is 1. The molecular formula is C41H42N4O6. The van der Waals surface area contributed by atoms with Crippen LogP contribution in [0.3, 0.4) is 0 Å². The molecule has 0 radical (unpaired) electrons. The van der Waals surface area contributed by atoms with Crippen LogP contribution in [-0.4, -0.2) is 67.4 Å². The number of nitro groups is 1. The van der Waals surface area contributed by atoms with Gasteiger partial charge in [-0.1, -0.05) is 84.9 Å². The number of nitrogens with zero attached hydrogens (tertiary/aromatic N) is 4. The van der Waals surface area contributed by atoms with Crippen LogP contribution in [0.5, 0.6) is 0 Å². The number of aliphatic imine (C=N–C) groups is 1. The topological polar surface area (TPSA) is 115 Å². The molecule has 4 aromatic rings. The number of ether oxygens (including phenoxy) is 2. The van der Waals surface area contributed by atoms with E-state index in [0.717, 1.165) is 37.4 Å². The van der Waals surface area contributed by atoms with Gasteiger partial charge in [-0.3, -0.25) is 24.8 Å². The molecule has 2 heterocycles. The highest BCUT2D eigenvalue weighted by molar-refractivity contribution is 6.07. The van der Waals surface area contributed by atoms with Crippen molar-refractivity contribution in [1.82, 2.24) is 4.90 Å². The molecule has 6 rings (SSSR count). The second-order valence-corrected chi connectivity index (χ2v) is 12.9. The van der Waals surface area contributed by atoms with Gasteiger partial charge in [0.1, 0.15) is 5.92 Å². The minimum absolute atomic E-state index is 0.112. The van der Waals surface area contributed by atoms with E-state index < -0.39 is 28.7 Å². The van der Waals surface area contributed by atoms with Crippen LogP contribution in [0.2, 0.25) is 0 Å². The van der Waals surface area contributed by atoms with Gasteiger partial charge in [0, 0.05) is 67.7 Å². The number of methoxy groups -OCH3 is 1. The SMILES string of the molecule is COC(=O)C1C(C)=NC(C)=C(C(=O)OCCc2ccc(N3CCN(C(c4ccccc4)c4ccccc4)CC3)cc2)[C@H]1c1cccc([N+](=O)[O-])c1. The molecule has 0 aliphatic carbocycles. The summed E-state index contributed by atoms with van der Waals surface area (Å²) >= 11 is 0. The molecule has 2 aliphatic rings. The average Bonchev–Trinajstić information content (AvgIpc) is 3.16. The third kappa shape index (κ3) is 7.91. The van der Waals surface area contributed by atoms with Gasteiger partial charge in [0.05, 0.1) is 30.3 Å². The Morgan fingerprint density at radius 3 is 2.08 bits per heavy atom. The van der Waals surface area contributed by atoms with Gasteiger partial charge in [0.2, 0.25) is 0 Å². The van der Waals surface area contributed by atoms with Crippen molar-refractivity contribution in [2.24, 2.45) is 10.9 Å². The maximum Gasteiger partial charge on any atom is 0.336 e. The fourth-order valence-corrected chi connectivity index (χ4v) is 7.26. The van der Waals surface area contributed by atoms with Gasteiger partial charge in [0.25, 0.3) is 5.69 Å². The van der Waals surface area contributed by atoms with E-state index in [4.69, 9.17) is 9.47 Å². The molecule has 262 valence electrons. The minimum atomic E-state index is -0.930. The molecule has 1 unspecified atom stereocenters.